The van der Waals surface area contributed by atoms with Gasteiger partial charge in [-0.05, 0) is 13.3 Å². The lowest BCUT2D eigenvalue weighted by atomic mass is 10.1. The average Bonchev–Trinajstić information content (AvgIpc) is 2.53. The first-order chi connectivity index (χ1) is 10.2. The van der Waals surface area contributed by atoms with Crippen LogP contribution < -0.4 is 10.6 Å². The van der Waals surface area contributed by atoms with Crippen molar-refractivity contribution in [1.29, 1.82) is 0 Å². The molecule has 112 valence electrons. The third kappa shape index (κ3) is 4.45. The molecular weight excluding hydrogens is 260 g/mol. The summed E-state index contributed by atoms with van der Waals surface area (Å²) in [6, 6.07) is 12.4. The molecular formula is C17H24N4. The van der Waals surface area contributed by atoms with Crippen molar-refractivity contribution in [3.8, 4) is 11.4 Å². The summed E-state index contributed by atoms with van der Waals surface area (Å²) in [6.45, 7) is 4.41. The number of aromatic nitrogens is 2. The van der Waals surface area contributed by atoms with Gasteiger partial charge >= 0.3 is 0 Å². The molecule has 1 heterocycles. The molecule has 1 aromatic heterocycles. The van der Waals surface area contributed by atoms with E-state index >= 15 is 0 Å². The van der Waals surface area contributed by atoms with E-state index in [1.807, 2.05) is 43.4 Å². The summed E-state index contributed by atoms with van der Waals surface area (Å²) in [5.74, 6) is 2.44. The predicted molar refractivity (Wildman–Crippen MR) is 89.6 cm³/mol. The molecule has 0 saturated heterocycles. The summed E-state index contributed by atoms with van der Waals surface area (Å²) >= 11 is 0. The number of hydrogen-bond acceptors (Lipinski definition) is 4. The van der Waals surface area contributed by atoms with E-state index in [-0.39, 0.29) is 0 Å². The van der Waals surface area contributed by atoms with Crippen molar-refractivity contribution in [3.63, 3.8) is 0 Å². The van der Waals surface area contributed by atoms with E-state index in [0.717, 1.165) is 29.4 Å². The van der Waals surface area contributed by atoms with E-state index in [9.17, 15) is 0 Å². The van der Waals surface area contributed by atoms with Crippen LogP contribution in [0.25, 0.3) is 11.4 Å². The van der Waals surface area contributed by atoms with Crippen molar-refractivity contribution in [2.45, 2.75) is 39.2 Å². The fraction of sp³-hybridized carbons (Fsp3) is 0.412. The molecule has 0 fully saturated rings. The molecule has 0 spiro atoms. The minimum atomic E-state index is 0.410. The topological polar surface area (TPSA) is 49.8 Å². The lowest BCUT2D eigenvalue weighted by Gasteiger charge is -2.15. The first kappa shape index (κ1) is 15.3. The first-order valence-corrected chi connectivity index (χ1v) is 7.61. The molecule has 1 unspecified atom stereocenters. The Morgan fingerprint density at radius 3 is 2.48 bits per heavy atom. The monoisotopic (exact) mass is 284 g/mol. The summed E-state index contributed by atoms with van der Waals surface area (Å²) in [5.41, 5.74) is 1.03. The highest BCUT2D eigenvalue weighted by Gasteiger charge is 2.08. The zero-order chi connectivity index (χ0) is 15.1. The highest BCUT2D eigenvalue weighted by atomic mass is 15.1. The van der Waals surface area contributed by atoms with Gasteiger partial charge in [0.2, 0.25) is 0 Å². The van der Waals surface area contributed by atoms with Crippen LogP contribution in [0, 0.1) is 0 Å². The zero-order valence-corrected chi connectivity index (χ0v) is 13.1. The molecule has 2 aromatic rings. The molecule has 2 rings (SSSR count). The number of nitrogens with one attached hydrogen (secondary N) is 2. The number of anilines is 2. The Bertz CT molecular complexity index is 554. The summed E-state index contributed by atoms with van der Waals surface area (Å²) in [4.78, 5) is 9.17. The van der Waals surface area contributed by atoms with Crippen LogP contribution in [0.2, 0.25) is 0 Å². The SMILES string of the molecule is CCCCC(C)Nc1cc(NC)nc(-c2ccccc2)n1. The highest BCUT2D eigenvalue weighted by molar-refractivity contribution is 5.61. The van der Waals surface area contributed by atoms with Crippen molar-refractivity contribution in [2.24, 2.45) is 0 Å². The summed E-state index contributed by atoms with van der Waals surface area (Å²) in [5, 5.41) is 6.57. The molecule has 1 aromatic carbocycles. The third-order valence-corrected chi connectivity index (χ3v) is 3.40. The van der Waals surface area contributed by atoms with E-state index in [1.54, 1.807) is 0 Å². The fourth-order valence-electron chi connectivity index (χ4n) is 2.20. The Morgan fingerprint density at radius 2 is 1.81 bits per heavy atom. The standard InChI is InChI=1S/C17H24N4/c1-4-5-9-13(2)19-16-12-15(18-3)20-17(21-16)14-10-7-6-8-11-14/h6-8,10-13H,4-5,9H2,1-3H3,(H2,18,19,20,21). The first-order valence-electron chi connectivity index (χ1n) is 7.61. The van der Waals surface area contributed by atoms with Gasteiger partial charge in [0.05, 0.1) is 0 Å². The molecule has 0 aliphatic heterocycles. The van der Waals surface area contributed by atoms with E-state index in [1.165, 1.54) is 12.8 Å². The Balaban J connectivity index is 2.22. The van der Waals surface area contributed by atoms with Crippen LogP contribution in [-0.2, 0) is 0 Å². The minimum Gasteiger partial charge on any atom is -0.373 e. The molecule has 4 nitrogen and oxygen atoms in total. The van der Waals surface area contributed by atoms with Crippen LogP contribution in [0.4, 0.5) is 11.6 Å². The number of hydrogen-bond donors (Lipinski definition) is 2. The van der Waals surface area contributed by atoms with Gasteiger partial charge in [0.1, 0.15) is 11.6 Å². The van der Waals surface area contributed by atoms with Gasteiger partial charge in [0.15, 0.2) is 5.82 Å². The summed E-state index contributed by atoms with van der Waals surface area (Å²) in [6.07, 6.45) is 3.59. The Kier molecular flexibility index (Phi) is 5.55. The van der Waals surface area contributed by atoms with Crippen LogP contribution >= 0.6 is 0 Å². The van der Waals surface area contributed by atoms with Crippen LogP contribution in [0.3, 0.4) is 0 Å². The average molecular weight is 284 g/mol. The molecule has 1 atom stereocenters. The fourth-order valence-corrected chi connectivity index (χ4v) is 2.20. The lowest BCUT2D eigenvalue weighted by molar-refractivity contribution is 0.643. The van der Waals surface area contributed by atoms with Gasteiger partial charge in [-0.1, -0.05) is 50.1 Å². The summed E-state index contributed by atoms with van der Waals surface area (Å²) in [7, 11) is 1.88. The van der Waals surface area contributed by atoms with Gasteiger partial charge in [-0.15, -0.1) is 0 Å². The molecule has 0 aliphatic rings. The third-order valence-electron chi connectivity index (χ3n) is 3.40. The van der Waals surface area contributed by atoms with Crippen LogP contribution in [0.15, 0.2) is 36.4 Å². The molecule has 21 heavy (non-hydrogen) atoms. The number of nitrogens with zero attached hydrogens (tertiary/aromatic N) is 2. The molecule has 4 heteroatoms. The van der Waals surface area contributed by atoms with Gasteiger partial charge in [-0.25, -0.2) is 9.97 Å². The second kappa shape index (κ2) is 7.62. The molecule has 0 bridgehead atoms. The normalized spacial score (nSPS) is 12.0. The quantitative estimate of drug-likeness (QED) is 0.801. The van der Waals surface area contributed by atoms with E-state index in [2.05, 4.69) is 34.4 Å². The number of unbranched alkanes of at least 4 members (excludes halogenated alkanes) is 1. The molecule has 0 saturated carbocycles. The van der Waals surface area contributed by atoms with E-state index < -0.39 is 0 Å². The lowest BCUT2D eigenvalue weighted by Crippen LogP contribution is -2.16. The minimum absolute atomic E-state index is 0.410. The number of rotatable bonds is 7. The van der Waals surface area contributed by atoms with Crippen molar-refractivity contribution < 1.29 is 0 Å². The van der Waals surface area contributed by atoms with Gasteiger partial charge in [-0.2, -0.15) is 0 Å². The maximum Gasteiger partial charge on any atom is 0.163 e. The van der Waals surface area contributed by atoms with Crippen LogP contribution in [0.1, 0.15) is 33.1 Å². The predicted octanol–water partition coefficient (Wildman–Crippen LogP) is 4.18. The molecule has 0 radical (unpaired) electrons. The van der Waals surface area contributed by atoms with Crippen molar-refractivity contribution in [3.05, 3.63) is 36.4 Å². The Hall–Kier alpha value is -2.10. The maximum atomic E-state index is 4.64. The Labute approximate surface area is 127 Å². The molecule has 0 aliphatic carbocycles. The maximum absolute atomic E-state index is 4.64. The van der Waals surface area contributed by atoms with E-state index in [0.29, 0.717) is 6.04 Å². The zero-order valence-electron chi connectivity index (χ0n) is 13.1. The van der Waals surface area contributed by atoms with Gasteiger partial charge in [0.25, 0.3) is 0 Å². The van der Waals surface area contributed by atoms with Crippen LogP contribution in [-0.4, -0.2) is 23.1 Å². The second-order valence-corrected chi connectivity index (χ2v) is 5.27. The smallest absolute Gasteiger partial charge is 0.163 e. The van der Waals surface area contributed by atoms with Gasteiger partial charge < -0.3 is 10.6 Å². The van der Waals surface area contributed by atoms with Crippen molar-refractivity contribution in [1.82, 2.24) is 9.97 Å². The van der Waals surface area contributed by atoms with E-state index in [4.69, 9.17) is 0 Å². The number of benzene rings is 1. The van der Waals surface area contributed by atoms with Crippen molar-refractivity contribution in [2.75, 3.05) is 17.7 Å². The second-order valence-electron chi connectivity index (χ2n) is 5.27. The van der Waals surface area contributed by atoms with Crippen molar-refractivity contribution >= 4 is 11.6 Å². The Morgan fingerprint density at radius 1 is 1.10 bits per heavy atom. The molecule has 2 N–H and O–H groups in total. The van der Waals surface area contributed by atoms with Gasteiger partial charge in [0, 0.05) is 24.7 Å². The van der Waals surface area contributed by atoms with Crippen LogP contribution in [0.5, 0.6) is 0 Å². The highest BCUT2D eigenvalue weighted by Crippen LogP contribution is 2.20. The summed E-state index contributed by atoms with van der Waals surface area (Å²) < 4.78 is 0. The largest absolute Gasteiger partial charge is 0.373 e. The molecule has 0 amide bonds. The van der Waals surface area contributed by atoms with Gasteiger partial charge in [-0.3, -0.25) is 0 Å².